The van der Waals surface area contributed by atoms with Crippen LogP contribution >= 0.6 is 0 Å². The topological polar surface area (TPSA) is 55.7 Å². The zero-order valence-corrected chi connectivity index (χ0v) is 10.9. The Hall–Kier alpha value is -0.160. The number of hydrogen-bond acceptors (Lipinski definition) is 4. The van der Waals surface area contributed by atoms with Crippen LogP contribution in [0.1, 0.15) is 32.6 Å². The second-order valence-corrected chi connectivity index (χ2v) is 5.68. The highest BCUT2D eigenvalue weighted by Crippen LogP contribution is 2.43. The van der Waals surface area contributed by atoms with Crippen molar-refractivity contribution in [1.29, 1.82) is 0 Å². The minimum atomic E-state index is -0.680. The van der Waals surface area contributed by atoms with Gasteiger partial charge in [0.15, 0.2) is 0 Å². The lowest BCUT2D eigenvalue weighted by Crippen LogP contribution is -2.61. The van der Waals surface area contributed by atoms with Crippen molar-refractivity contribution in [2.75, 3.05) is 39.3 Å². The van der Waals surface area contributed by atoms with Gasteiger partial charge in [-0.15, -0.1) is 0 Å². The Bertz CT molecular complexity index is 244. The second-order valence-electron chi connectivity index (χ2n) is 5.68. The van der Waals surface area contributed by atoms with Crippen LogP contribution in [0.5, 0.6) is 0 Å². The molecule has 0 radical (unpaired) electrons. The van der Waals surface area contributed by atoms with Crippen molar-refractivity contribution in [2.45, 2.75) is 38.2 Å². The number of hydrogen-bond donors (Lipinski definition) is 3. The highest BCUT2D eigenvalue weighted by molar-refractivity contribution is 5.04. The fourth-order valence-corrected chi connectivity index (χ4v) is 3.42. The van der Waals surface area contributed by atoms with Gasteiger partial charge < -0.3 is 20.4 Å². The van der Waals surface area contributed by atoms with Crippen LogP contribution in [0.3, 0.4) is 0 Å². The van der Waals surface area contributed by atoms with E-state index in [1.165, 1.54) is 0 Å². The van der Waals surface area contributed by atoms with Gasteiger partial charge in [0.1, 0.15) is 0 Å². The molecule has 0 aromatic carbocycles. The Balaban J connectivity index is 2.08. The second kappa shape index (κ2) is 5.22. The molecule has 0 aromatic rings. The monoisotopic (exact) mass is 242 g/mol. The average molecular weight is 242 g/mol. The first-order valence-corrected chi connectivity index (χ1v) is 6.92. The van der Waals surface area contributed by atoms with Crippen molar-refractivity contribution >= 4 is 0 Å². The summed E-state index contributed by atoms with van der Waals surface area (Å²) in [6.45, 7) is 6.99. The summed E-state index contributed by atoms with van der Waals surface area (Å²) in [6.07, 6.45) is 3.59. The van der Waals surface area contributed by atoms with E-state index in [-0.39, 0.29) is 12.0 Å². The maximum atomic E-state index is 10.9. The van der Waals surface area contributed by atoms with E-state index in [1.54, 1.807) is 0 Å². The smallest absolute Gasteiger partial charge is 0.0762 e. The van der Waals surface area contributed by atoms with E-state index < -0.39 is 5.60 Å². The van der Waals surface area contributed by atoms with Gasteiger partial charge in [-0.3, -0.25) is 0 Å². The van der Waals surface area contributed by atoms with Crippen molar-refractivity contribution in [2.24, 2.45) is 5.41 Å². The molecule has 0 spiro atoms. The Kier molecular flexibility index (Phi) is 4.08. The predicted molar refractivity (Wildman–Crippen MR) is 67.9 cm³/mol. The molecule has 4 heteroatoms. The highest BCUT2D eigenvalue weighted by Gasteiger charge is 2.51. The predicted octanol–water partition coefficient (Wildman–Crippen LogP) is 0.195. The summed E-state index contributed by atoms with van der Waals surface area (Å²) in [5.74, 6) is 0. The van der Waals surface area contributed by atoms with Crippen LogP contribution in [0.2, 0.25) is 0 Å². The first kappa shape index (κ1) is 13.3. The molecule has 0 aromatic heterocycles. The molecule has 2 fully saturated rings. The van der Waals surface area contributed by atoms with Crippen molar-refractivity contribution < 1.29 is 10.2 Å². The molecule has 100 valence electrons. The first-order chi connectivity index (χ1) is 8.16. The van der Waals surface area contributed by atoms with Gasteiger partial charge >= 0.3 is 0 Å². The number of likely N-dealkylation sites (tertiary alicyclic amines) is 1. The molecule has 0 saturated carbocycles. The SMILES string of the molecule is CCN1CCC(O)(C2(CO)CCCNC2)CC1. The van der Waals surface area contributed by atoms with Crippen LogP contribution in [0, 0.1) is 5.41 Å². The zero-order valence-electron chi connectivity index (χ0n) is 10.9. The van der Waals surface area contributed by atoms with Gasteiger partial charge in [-0.05, 0) is 38.8 Å². The van der Waals surface area contributed by atoms with E-state index in [2.05, 4.69) is 17.1 Å². The van der Waals surface area contributed by atoms with E-state index in [0.717, 1.165) is 58.4 Å². The molecule has 4 nitrogen and oxygen atoms in total. The molecule has 1 unspecified atom stereocenters. The van der Waals surface area contributed by atoms with Crippen molar-refractivity contribution in [1.82, 2.24) is 10.2 Å². The lowest BCUT2D eigenvalue weighted by molar-refractivity contribution is -0.147. The summed E-state index contributed by atoms with van der Waals surface area (Å²) in [4.78, 5) is 2.37. The number of nitrogens with one attached hydrogen (secondary N) is 1. The standard InChI is InChI=1S/C13H26N2O2/c1-2-15-8-5-13(17,6-9-15)12(11-16)4-3-7-14-10-12/h14,16-17H,2-11H2,1H3. The largest absolute Gasteiger partial charge is 0.396 e. The zero-order chi connectivity index (χ0) is 12.4. The highest BCUT2D eigenvalue weighted by atomic mass is 16.3. The first-order valence-electron chi connectivity index (χ1n) is 6.92. The van der Waals surface area contributed by atoms with Gasteiger partial charge in [0.2, 0.25) is 0 Å². The normalized spacial score (nSPS) is 34.8. The van der Waals surface area contributed by atoms with Crippen LogP contribution in [0.15, 0.2) is 0 Å². The van der Waals surface area contributed by atoms with Gasteiger partial charge in [0.25, 0.3) is 0 Å². The molecule has 1 atom stereocenters. The molecule has 2 saturated heterocycles. The van der Waals surface area contributed by atoms with E-state index in [9.17, 15) is 10.2 Å². The third-order valence-corrected chi connectivity index (χ3v) is 4.89. The molecular weight excluding hydrogens is 216 g/mol. The molecule has 0 amide bonds. The van der Waals surface area contributed by atoms with Gasteiger partial charge in [0, 0.05) is 25.0 Å². The summed E-state index contributed by atoms with van der Waals surface area (Å²) in [6, 6.07) is 0. The summed E-state index contributed by atoms with van der Waals surface area (Å²) < 4.78 is 0. The number of aliphatic hydroxyl groups excluding tert-OH is 1. The quantitative estimate of drug-likeness (QED) is 0.661. The molecule has 0 aliphatic carbocycles. The Morgan fingerprint density at radius 3 is 2.41 bits per heavy atom. The minimum absolute atomic E-state index is 0.0998. The molecule has 3 N–H and O–H groups in total. The van der Waals surface area contributed by atoms with Gasteiger partial charge in [-0.2, -0.15) is 0 Å². The van der Waals surface area contributed by atoms with Gasteiger partial charge in [-0.25, -0.2) is 0 Å². The summed E-state index contributed by atoms with van der Waals surface area (Å²) in [5.41, 5.74) is -0.994. The minimum Gasteiger partial charge on any atom is -0.396 e. The van der Waals surface area contributed by atoms with E-state index in [4.69, 9.17) is 0 Å². The Labute approximate surface area is 104 Å². The number of aliphatic hydroxyl groups is 2. The molecule has 2 heterocycles. The van der Waals surface area contributed by atoms with E-state index in [1.807, 2.05) is 0 Å². The lowest BCUT2D eigenvalue weighted by atomic mass is 9.64. The van der Waals surface area contributed by atoms with Crippen LogP contribution < -0.4 is 5.32 Å². The van der Waals surface area contributed by atoms with Crippen LogP contribution in [0.25, 0.3) is 0 Å². The van der Waals surface area contributed by atoms with Crippen LogP contribution in [-0.2, 0) is 0 Å². The molecule has 17 heavy (non-hydrogen) atoms. The van der Waals surface area contributed by atoms with Crippen LogP contribution in [-0.4, -0.2) is 60.0 Å². The molecule has 2 aliphatic rings. The van der Waals surface area contributed by atoms with Crippen LogP contribution in [0.4, 0.5) is 0 Å². The third kappa shape index (κ3) is 2.36. The summed E-state index contributed by atoms with van der Waals surface area (Å²) in [7, 11) is 0. The Morgan fingerprint density at radius 2 is 1.94 bits per heavy atom. The molecular formula is C13H26N2O2. The fraction of sp³-hybridized carbons (Fsp3) is 1.00. The van der Waals surface area contributed by atoms with Gasteiger partial charge in [0.05, 0.1) is 12.2 Å². The molecule has 0 bridgehead atoms. The van der Waals surface area contributed by atoms with E-state index in [0.29, 0.717) is 0 Å². The number of nitrogens with zero attached hydrogens (tertiary/aromatic N) is 1. The Morgan fingerprint density at radius 1 is 1.24 bits per heavy atom. The third-order valence-electron chi connectivity index (χ3n) is 4.89. The molecule has 2 aliphatic heterocycles. The van der Waals surface area contributed by atoms with Crippen molar-refractivity contribution in [3.63, 3.8) is 0 Å². The maximum Gasteiger partial charge on any atom is 0.0762 e. The number of rotatable bonds is 3. The van der Waals surface area contributed by atoms with Gasteiger partial charge in [-0.1, -0.05) is 6.92 Å². The average Bonchev–Trinajstić information content (AvgIpc) is 2.40. The van der Waals surface area contributed by atoms with E-state index >= 15 is 0 Å². The number of piperidine rings is 2. The van der Waals surface area contributed by atoms with Crippen molar-refractivity contribution in [3.8, 4) is 0 Å². The lowest BCUT2D eigenvalue weighted by Gasteiger charge is -2.52. The maximum absolute atomic E-state index is 10.9. The summed E-state index contributed by atoms with van der Waals surface area (Å²) in [5, 5.41) is 24.0. The van der Waals surface area contributed by atoms with Crippen molar-refractivity contribution in [3.05, 3.63) is 0 Å². The summed E-state index contributed by atoms with van der Waals surface area (Å²) >= 11 is 0. The fourth-order valence-electron chi connectivity index (χ4n) is 3.42. The molecule has 2 rings (SSSR count).